The smallest absolute Gasteiger partial charge is 0.230 e. The van der Waals surface area contributed by atoms with Crippen molar-refractivity contribution in [3.05, 3.63) is 54.2 Å². The van der Waals surface area contributed by atoms with E-state index in [4.69, 9.17) is 14.6 Å². The molecule has 40 heavy (non-hydrogen) atoms. The molecule has 0 radical (unpaired) electrons. The van der Waals surface area contributed by atoms with Crippen LogP contribution in [-0.2, 0) is 16.0 Å². The third kappa shape index (κ3) is 5.56. The number of rotatable bonds is 8. The molecule has 212 valence electrons. The van der Waals surface area contributed by atoms with E-state index in [1.165, 1.54) is 10.6 Å². The Morgan fingerprint density at radius 1 is 1.07 bits per heavy atom. The normalized spacial score (nSPS) is 23.8. The van der Waals surface area contributed by atoms with E-state index < -0.39 is 6.23 Å². The van der Waals surface area contributed by atoms with Gasteiger partial charge in [0.15, 0.2) is 6.23 Å². The van der Waals surface area contributed by atoms with E-state index in [0.29, 0.717) is 12.0 Å². The number of aliphatic hydroxyl groups excluding tert-OH is 1. The lowest BCUT2D eigenvalue weighted by Crippen LogP contribution is -2.50. The van der Waals surface area contributed by atoms with Gasteiger partial charge in [-0.15, -0.1) is 5.10 Å². The molecule has 0 amide bonds. The van der Waals surface area contributed by atoms with Crippen LogP contribution in [0, 0.1) is 0 Å². The molecule has 1 aromatic carbocycles. The molecule has 1 unspecified atom stereocenters. The van der Waals surface area contributed by atoms with Gasteiger partial charge in [0.1, 0.15) is 17.6 Å². The van der Waals surface area contributed by atoms with Crippen molar-refractivity contribution in [3.8, 4) is 11.3 Å². The van der Waals surface area contributed by atoms with E-state index in [9.17, 15) is 5.11 Å². The number of likely N-dealkylation sites (N-methyl/N-ethyl adjacent to an activating group) is 1. The Morgan fingerprint density at radius 3 is 2.55 bits per heavy atom. The molecule has 2 aromatic heterocycles. The molecule has 3 aliphatic rings. The second-order valence-corrected chi connectivity index (χ2v) is 11.0. The highest BCUT2D eigenvalue weighted by atomic mass is 16.5. The van der Waals surface area contributed by atoms with Crippen molar-refractivity contribution in [1.29, 1.82) is 0 Å². The molecule has 1 atom stereocenters. The number of fused-ring (bicyclic) bond motifs is 1. The number of likely N-dealkylation sites (tertiary alicyclic amines) is 1. The van der Waals surface area contributed by atoms with Crippen LogP contribution in [0.5, 0.6) is 0 Å². The van der Waals surface area contributed by atoms with Crippen LogP contribution in [0.4, 0.5) is 5.82 Å². The van der Waals surface area contributed by atoms with Crippen molar-refractivity contribution >= 4 is 22.6 Å². The number of hydrogen-bond donors (Lipinski definition) is 2. The Bertz CT molecular complexity index is 1370. The van der Waals surface area contributed by atoms with Gasteiger partial charge in [0.25, 0.3) is 0 Å². The summed E-state index contributed by atoms with van der Waals surface area (Å²) < 4.78 is 13.8. The quantitative estimate of drug-likeness (QED) is 0.438. The van der Waals surface area contributed by atoms with Crippen LogP contribution in [-0.4, -0.2) is 87.9 Å². The maximum Gasteiger partial charge on any atom is 0.230 e. The zero-order valence-corrected chi connectivity index (χ0v) is 23.5. The topological polar surface area (TPSA) is 100 Å². The van der Waals surface area contributed by atoms with Crippen molar-refractivity contribution in [2.75, 3.05) is 39.1 Å². The number of benzene rings is 1. The molecule has 10 heteroatoms. The lowest BCUT2D eigenvalue weighted by Gasteiger charge is -2.38. The van der Waals surface area contributed by atoms with E-state index >= 15 is 0 Å². The first-order chi connectivity index (χ1) is 19.5. The Labute approximate surface area is 235 Å². The van der Waals surface area contributed by atoms with Gasteiger partial charge in [-0.25, -0.2) is 4.98 Å². The summed E-state index contributed by atoms with van der Waals surface area (Å²) in [6.45, 7) is 5.82. The molecule has 0 bridgehead atoms. The number of pyridine rings is 1. The highest BCUT2D eigenvalue weighted by Crippen LogP contribution is 2.36. The molecule has 2 N–H and O–H groups in total. The molecule has 10 nitrogen and oxygen atoms in total. The number of aliphatic hydroxyl groups is 1. The van der Waals surface area contributed by atoms with E-state index in [1.807, 2.05) is 6.20 Å². The molecule has 1 saturated carbocycles. The lowest BCUT2D eigenvalue weighted by molar-refractivity contribution is -0.0333. The minimum atomic E-state index is -0.702. The number of methoxy groups -OCH3 is 1. The highest BCUT2D eigenvalue weighted by molar-refractivity contribution is 5.94. The van der Waals surface area contributed by atoms with E-state index in [0.717, 1.165) is 79.8 Å². The summed E-state index contributed by atoms with van der Waals surface area (Å²) in [6, 6.07) is 11.2. The number of aromatic nitrogens is 3. The molecule has 0 spiro atoms. The Hall–Kier alpha value is -3.47. The first kappa shape index (κ1) is 26.7. The van der Waals surface area contributed by atoms with Gasteiger partial charge >= 0.3 is 0 Å². The van der Waals surface area contributed by atoms with Crippen molar-refractivity contribution in [2.24, 2.45) is 5.10 Å². The third-order valence-electron chi connectivity index (χ3n) is 8.17. The average Bonchev–Trinajstić information content (AvgIpc) is 3.32. The van der Waals surface area contributed by atoms with Gasteiger partial charge in [-0.05, 0) is 44.2 Å². The van der Waals surface area contributed by atoms with Gasteiger partial charge in [0.2, 0.25) is 5.90 Å². The van der Waals surface area contributed by atoms with E-state index in [2.05, 4.69) is 62.2 Å². The van der Waals surface area contributed by atoms with Crippen LogP contribution in [0.15, 0.2) is 53.8 Å². The number of anilines is 1. The molecule has 2 aliphatic heterocycles. The van der Waals surface area contributed by atoms with Crippen molar-refractivity contribution in [2.45, 2.75) is 63.6 Å². The summed E-state index contributed by atoms with van der Waals surface area (Å²) in [4.78, 5) is 7.08. The maximum absolute atomic E-state index is 9.82. The lowest BCUT2D eigenvalue weighted by atomic mass is 9.93. The number of hydrazone groups is 1. The fourth-order valence-corrected chi connectivity index (χ4v) is 5.81. The van der Waals surface area contributed by atoms with E-state index in [1.54, 1.807) is 26.3 Å². The zero-order chi connectivity index (χ0) is 27.6. The van der Waals surface area contributed by atoms with Gasteiger partial charge in [-0.1, -0.05) is 24.3 Å². The van der Waals surface area contributed by atoms with Gasteiger partial charge in [0.05, 0.1) is 17.7 Å². The number of nitrogens with zero attached hydrogens (tertiary/aromatic N) is 6. The Morgan fingerprint density at radius 2 is 1.85 bits per heavy atom. The SMILES string of the molecule is CCNc1cc2c(cn1)c(-c1ccc(CN3CC(OC)C3)cc1)nn2[C@H]1CC[C@@H](OC2=NN(C)C(O)C=C2)CC1. The van der Waals surface area contributed by atoms with Crippen LogP contribution in [0.1, 0.15) is 44.2 Å². The predicted octanol–water partition coefficient (Wildman–Crippen LogP) is 3.99. The van der Waals surface area contributed by atoms with Crippen molar-refractivity contribution in [3.63, 3.8) is 0 Å². The van der Waals surface area contributed by atoms with Gasteiger partial charge in [-0.3, -0.25) is 14.6 Å². The summed E-state index contributed by atoms with van der Waals surface area (Å²) in [6.07, 6.45) is 8.93. The van der Waals surface area contributed by atoms with Crippen LogP contribution >= 0.6 is 0 Å². The van der Waals surface area contributed by atoms with E-state index in [-0.39, 0.29) is 12.1 Å². The summed E-state index contributed by atoms with van der Waals surface area (Å²) in [5.74, 6) is 1.42. The van der Waals surface area contributed by atoms with Crippen molar-refractivity contribution < 1.29 is 14.6 Å². The Kier molecular flexibility index (Phi) is 7.73. The number of nitrogens with one attached hydrogen (secondary N) is 1. The summed E-state index contributed by atoms with van der Waals surface area (Å²) >= 11 is 0. The van der Waals surface area contributed by atoms with Gasteiger partial charge in [-0.2, -0.15) is 5.10 Å². The zero-order valence-electron chi connectivity index (χ0n) is 23.5. The second kappa shape index (κ2) is 11.6. The molecular weight excluding hydrogens is 506 g/mol. The van der Waals surface area contributed by atoms with Crippen LogP contribution in [0.3, 0.4) is 0 Å². The first-order valence-electron chi connectivity index (χ1n) is 14.3. The van der Waals surface area contributed by atoms with Crippen LogP contribution in [0.25, 0.3) is 22.2 Å². The Balaban J connectivity index is 1.20. The summed E-state index contributed by atoms with van der Waals surface area (Å²) in [5.41, 5.74) is 4.48. The second-order valence-electron chi connectivity index (χ2n) is 11.0. The number of hydrogen-bond acceptors (Lipinski definition) is 9. The largest absolute Gasteiger partial charge is 0.473 e. The summed E-state index contributed by atoms with van der Waals surface area (Å²) in [5, 5.41) is 25.3. The molecule has 1 aliphatic carbocycles. The van der Waals surface area contributed by atoms with Crippen molar-refractivity contribution in [1.82, 2.24) is 24.7 Å². The minimum absolute atomic E-state index is 0.0988. The molecule has 2 fully saturated rings. The van der Waals surface area contributed by atoms with Gasteiger partial charge < -0.3 is 19.9 Å². The molecule has 4 heterocycles. The van der Waals surface area contributed by atoms with Gasteiger partial charge in [0, 0.05) is 69.6 Å². The third-order valence-corrected chi connectivity index (χ3v) is 8.17. The first-order valence-corrected chi connectivity index (χ1v) is 14.3. The van der Waals surface area contributed by atoms with Crippen LogP contribution < -0.4 is 5.32 Å². The maximum atomic E-state index is 9.82. The molecule has 1 saturated heterocycles. The average molecular weight is 546 g/mol. The summed E-state index contributed by atoms with van der Waals surface area (Å²) in [7, 11) is 3.52. The monoisotopic (exact) mass is 545 g/mol. The molecule has 6 rings (SSSR count). The van der Waals surface area contributed by atoms with Crippen LogP contribution in [0.2, 0.25) is 0 Å². The minimum Gasteiger partial charge on any atom is -0.473 e. The fraction of sp³-hybridized carbons (Fsp3) is 0.500. The highest BCUT2D eigenvalue weighted by Gasteiger charge is 2.28. The number of ether oxygens (including phenoxy) is 2. The molecule has 3 aromatic rings. The predicted molar refractivity (Wildman–Crippen MR) is 156 cm³/mol. The standard InChI is InChI=1S/C30H39N7O3/c1-4-31-27-15-26-25(16-32-27)30(21-7-5-20(6-8-21)17-36-18-24(19-36)39-3)34-37(26)22-9-11-23(12-10-22)40-28-13-14-29(38)35(2)33-28/h5-8,13-16,22-24,29,38H,4,9-12,17-19H2,1-3H3,(H,31,32)/t22-,23+,29?. The fourth-order valence-electron chi connectivity index (χ4n) is 5.81. The molecular formula is C30H39N7O3.